The van der Waals surface area contributed by atoms with Crippen LogP contribution >= 0.6 is 27.5 Å². The quantitative estimate of drug-likeness (QED) is 0.523. The first-order valence-electron chi connectivity index (χ1n) is 2.19. The van der Waals surface area contributed by atoms with E-state index in [0.29, 0.717) is 13.2 Å². The van der Waals surface area contributed by atoms with Gasteiger partial charge in [0.25, 0.3) is 0 Å². The molecule has 0 bridgehead atoms. The van der Waals surface area contributed by atoms with E-state index in [1.54, 1.807) is 7.11 Å². The lowest BCUT2D eigenvalue weighted by Gasteiger charge is -2.04. The van der Waals surface area contributed by atoms with Gasteiger partial charge in [0.05, 0.1) is 13.2 Å². The molecule has 0 aliphatic rings. The van der Waals surface area contributed by atoms with Crippen molar-refractivity contribution in [1.82, 2.24) is 0 Å². The third-order valence-corrected chi connectivity index (χ3v) is 1.91. The van der Waals surface area contributed by atoms with Crippen molar-refractivity contribution in [3.8, 4) is 0 Å². The molecule has 0 radical (unpaired) electrons. The Labute approximate surface area is 69.1 Å². The Morgan fingerprint density at radius 2 is 2.00 bits per heavy atom. The third-order valence-electron chi connectivity index (χ3n) is 0.529. The molecule has 56 valence electrons. The van der Waals surface area contributed by atoms with Gasteiger partial charge in [-0.15, -0.1) is 0 Å². The molecule has 9 heavy (non-hydrogen) atoms. The van der Waals surface area contributed by atoms with Crippen LogP contribution in [0, 0.1) is 0 Å². The first-order chi connectivity index (χ1) is 4.06. The minimum atomic E-state index is -2.50. The van der Waals surface area contributed by atoms with Gasteiger partial charge in [-0.05, 0) is 34.3 Å². The van der Waals surface area contributed by atoms with Gasteiger partial charge in [-0.3, -0.25) is 0 Å². The molecule has 0 aliphatic heterocycles. The molecular weight excluding hydrogens is 202 g/mol. The molecule has 2 nitrogen and oxygen atoms in total. The highest BCUT2D eigenvalue weighted by Crippen LogP contribution is 2.57. The Kier molecular flexibility index (Phi) is 5.51. The van der Waals surface area contributed by atoms with Crippen LogP contribution in [0.25, 0.3) is 0 Å². The summed E-state index contributed by atoms with van der Waals surface area (Å²) in [6, 6.07) is 0. The Bertz CT molecular complexity index is 114. The first kappa shape index (κ1) is 10.2. The normalized spacial score (nSPS) is 11.9. The van der Waals surface area contributed by atoms with Crippen LogP contribution in [0.5, 0.6) is 0 Å². The molecule has 0 saturated carbocycles. The maximum atomic E-state index is 5.38. The second-order valence-corrected chi connectivity index (χ2v) is 8.45. The molecule has 0 fully saturated rings. The average Bonchev–Trinajstić information content (AvgIpc) is 1.63. The van der Waals surface area contributed by atoms with E-state index >= 15 is 0 Å². The summed E-state index contributed by atoms with van der Waals surface area (Å²) in [7, 11) is 1.56. The Hall–Kier alpha value is 1.15. The highest BCUT2D eigenvalue weighted by Gasteiger charge is 2.06. The summed E-state index contributed by atoms with van der Waals surface area (Å²) in [4.78, 5) is -2.50. The van der Waals surface area contributed by atoms with Gasteiger partial charge in [-0.2, -0.15) is 0 Å². The Morgan fingerprint density at radius 1 is 1.44 bits per heavy atom. The third kappa shape index (κ3) is 9.15. The van der Waals surface area contributed by atoms with Crippen LogP contribution in [0.4, 0.5) is 0 Å². The van der Waals surface area contributed by atoms with E-state index in [-0.39, 0.29) is 0 Å². The number of rotatable bonds is 4. The number of ether oxygens (including phenoxy) is 1. The molecule has 0 atom stereocenters. The van der Waals surface area contributed by atoms with Gasteiger partial charge in [0.15, 0.2) is 0 Å². The molecule has 0 aromatic rings. The molecule has 0 unspecified atom stereocenters. The topological polar surface area (TPSA) is 18.5 Å². The van der Waals surface area contributed by atoms with E-state index in [9.17, 15) is 0 Å². The van der Waals surface area contributed by atoms with E-state index in [1.807, 2.05) is 0 Å². The number of halogens is 2. The summed E-state index contributed by atoms with van der Waals surface area (Å²) < 4.78 is 9.47. The molecule has 0 heterocycles. The second-order valence-electron chi connectivity index (χ2n) is 1.24. The van der Waals surface area contributed by atoms with Crippen molar-refractivity contribution in [2.75, 3.05) is 20.3 Å². The van der Waals surface area contributed by atoms with Gasteiger partial charge in [0.1, 0.15) is 0 Å². The number of hydrogen-bond donors (Lipinski definition) is 0. The highest BCUT2D eigenvalue weighted by molar-refractivity contribution is 8.36. The van der Waals surface area contributed by atoms with Crippen molar-refractivity contribution < 1.29 is 9.26 Å². The summed E-state index contributed by atoms with van der Waals surface area (Å²) in [6.07, 6.45) is 0. The second kappa shape index (κ2) is 4.89. The number of methoxy groups -OCH3 is 1. The van der Waals surface area contributed by atoms with Crippen LogP contribution in [0.2, 0.25) is 0 Å². The van der Waals surface area contributed by atoms with E-state index in [2.05, 4.69) is 16.5 Å². The fourth-order valence-electron chi connectivity index (χ4n) is 0.227. The number of hydrogen-bond acceptors (Lipinski definition) is 3. The van der Waals surface area contributed by atoms with Crippen LogP contribution in [0.15, 0.2) is 0 Å². The largest absolute Gasteiger partial charge is 0.382 e. The average molecular weight is 209 g/mol. The van der Waals surface area contributed by atoms with Gasteiger partial charge in [0.2, 0.25) is 4.97 Å². The SMILES string of the molecule is COCCOP(=S)(Cl)Cl. The van der Waals surface area contributed by atoms with Crippen LogP contribution in [-0.2, 0) is 21.1 Å². The molecule has 0 N–H and O–H groups in total. The zero-order valence-electron chi connectivity index (χ0n) is 4.84. The maximum absolute atomic E-state index is 5.38. The Morgan fingerprint density at radius 3 is 2.33 bits per heavy atom. The minimum absolute atomic E-state index is 0.362. The predicted octanol–water partition coefficient (Wildman–Crippen LogP) is 2.35. The van der Waals surface area contributed by atoms with E-state index in [0.717, 1.165) is 0 Å². The minimum Gasteiger partial charge on any atom is -0.382 e. The van der Waals surface area contributed by atoms with Crippen LogP contribution in [0.3, 0.4) is 0 Å². The fourth-order valence-corrected chi connectivity index (χ4v) is 1.15. The summed E-state index contributed by atoms with van der Waals surface area (Å²) in [5, 5.41) is 0. The molecule has 0 saturated heterocycles. The molecular formula is C3H7Cl2O2PS. The van der Waals surface area contributed by atoms with Gasteiger partial charge < -0.3 is 9.26 Å². The monoisotopic (exact) mass is 208 g/mol. The molecule has 0 rings (SSSR count). The fraction of sp³-hybridized carbons (Fsp3) is 1.00. The predicted molar refractivity (Wildman–Crippen MR) is 43.8 cm³/mol. The lowest BCUT2D eigenvalue weighted by Crippen LogP contribution is -1.96. The van der Waals surface area contributed by atoms with Gasteiger partial charge >= 0.3 is 0 Å². The van der Waals surface area contributed by atoms with Crippen molar-refractivity contribution >= 4 is 39.3 Å². The summed E-state index contributed by atoms with van der Waals surface area (Å²) in [5.74, 6) is 0. The summed E-state index contributed by atoms with van der Waals surface area (Å²) in [5.41, 5.74) is 0. The van der Waals surface area contributed by atoms with Crippen molar-refractivity contribution in [2.45, 2.75) is 0 Å². The highest BCUT2D eigenvalue weighted by atomic mass is 35.9. The van der Waals surface area contributed by atoms with Gasteiger partial charge in [-0.25, -0.2) is 0 Å². The van der Waals surface area contributed by atoms with Gasteiger partial charge in [0, 0.05) is 7.11 Å². The Balaban J connectivity index is 3.18. The van der Waals surface area contributed by atoms with Crippen molar-refractivity contribution in [2.24, 2.45) is 0 Å². The summed E-state index contributed by atoms with van der Waals surface area (Å²) in [6.45, 7) is 0.832. The molecule has 0 aromatic carbocycles. The zero-order valence-corrected chi connectivity index (χ0v) is 8.06. The van der Waals surface area contributed by atoms with Crippen LogP contribution < -0.4 is 0 Å². The molecule has 0 spiro atoms. The standard InChI is InChI=1S/C3H7Cl2O2PS/c1-6-2-3-7-8(4,5)9/h2-3H2,1H3. The maximum Gasteiger partial charge on any atom is 0.240 e. The van der Waals surface area contributed by atoms with Crippen LogP contribution in [-0.4, -0.2) is 20.3 Å². The zero-order chi connectivity index (χ0) is 7.33. The molecule has 6 heteroatoms. The summed E-state index contributed by atoms with van der Waals surface area (Å²) >= 11 is 15.3. The van der Waals surface area contributed by atoms with Crippen molar-refractivity contribution in [1.29, 1.82) is 0 Å². The lowest BCUT2D eigenvalue weighted by atomic mass is 10.8. The molecule has 0 amide bonds. The van der Waals surface area contributed by atoms with Gasteiger partial charge in [-0.1, -0.05) is 0 Å². The molecule has 0 aliphatic carbocycles. The van der Waals surface area contributed by atoms with E-state index in [4.69, 9.17) is 27.0 Å². The smallest absolute Gasteiger partial charge is 0.240 e. The first-order valence-corrected chi connectivity index (χ1v) is 6.72. The molecule has 0 aromatic heterocycles. The van der Waals surface area contributed by atoms with E-state index in [1.165, 1.54) is 0 Å². The van der Waals surface area contributed by atoms with Crippen LogP contribution in [0.1, 0.15) is 0 Å². The van der Waals surface area contributed by atoms with Crippen molar-refractivity contribution in [3.63, 3.8) is 0 Å². The lowest BCUT2D eigenvalue weighted by molar-refractivity contribution is 0.155. The van der Waals surface area contributed by atoms with E-state index < -0.39 is 4.97 Å². The van der Waals surface area contributed by atoms with Crippen molar-refractivity contribution in [3.05, 3.63) is 0 Å².